The largest absolute Gasteiger partial charge is 0.322 e. The zero-order chi connectivity index (χ0) is 22.4. The Kier molecular flexibility index (Phi) is 4.74. The van der Waals surface area contributed by atoms with E-state index >= 15 is 0 Å². The number of anilines is 1. The van der Waals surface area contributed by atoms with Gasteiger partial charge in [-0.25, -0.2) is 9.37 Å². The van der Waals surface area contributed by atoms with Crippen molar-refractivity contribution in [2.75, 3.05) is 5.32 Å². The van der Waals surface area contributed by atoms with Crippen molar-refractivity contribution in [3.8, 4) is 16.3 Å². The van der Waals surface area contributed by atoms with Crippen molar-refractivity contribution in [2.45, 2.75) is 13.8 Å². The lowest BCUT2D eigenvalue weighted by Gasteiger charge is -2.11. The minimum Gasteiger partial charge on any atom is -0.322 e. The van der Waals surface area contributed by atoms with E-state index in [1.165, 1.54) is 34.2 Å². The van der Waals surface area contributed by atoms with Crippen LogP contribution in [0.5, 0.6) is 0 Å². The van der Waals surface area contributed by atoms with Gasteiger partial charge in [-0.1, -0.05) is 6.07 Å². The molecule has 160 valence electrons. The monoisotopic (exact) mass is 448 g/mol. The Morgan fingerprint density at radius 2 is 2.03 bits per heavy atom. The number of nitrogens with zero attached hydrogens (tertiary/aromatic N) is 7. The Morgan fingerprint density at radius 3 is 2.75 bits per heavy atom. The number of benzene rings is 1. The number of carbonyl (C=O) groups is 1. The van der Waals surface area contributed by atoms with Crippen LogP contribution in [0.25, 0.3) is 27.3 Å². The SMILES string of the molecule is Cc1nn(C)c2nc(-c3cccs3)cc(C(=O)Nc3ccc(F)c(-n4nnnc4C)c3)c12. The lowest BCUT2D eigenvalue weighted by atomic mass is 10.1. The van der Waals surface area contributed by atoms with Crippen molar-refractivity contribution in [3.05, 3.63) is 64.7 Å². The minimum atomic E-state index is -0.507. The molecule has 0 atom stereocenters. The molecule has 9 nitrogen and oxygen atoms in total. The van der Waals surface area contributed by atoms with Crippen LogP contribution < -0.4 is 5.32 Å². The first-order chi connectivity index (χ1) is 15.4. The molecular formula is C21H17FN8OS. The highest BCUT2D eigenvalue weighted by Gasteiger charge is 2.20. The fraction of sp³-hybridized carbons (Fsp3) is 0.143. The molecule has 32 heavy (non-hydrogen) atoms. The third-order valence-electron chi connectivity index (χ3n) is 5.04. The molecule has 0 fully saturated rings. The number of aromatic nitrogens is 7. The Morgan fingerprint density at radius 1 is 1.19 bits per heavy atom. The maximum absolute atomic E-state index is 14.4. The van der Waals surface area contributed by atoms with Crippen molar-refractivity contribution < 1.29 is 9.18 Å². The predicted octanol–water partition coefficient (Wildman–Crippen LogP) is 3.68. The summed E-state index contributed by atoms with van der Waals surface area (Å²) < 4.78 is 17.3. The fourth-order valence-corrected chi connectivity index (χ4v) is 4.27. The number of aryl methyl sites for hydroxylation is 3. The molecule has 0 saturated heterocycles. The third-order valence-corrected chi connectivity index (χ3v) is 5.94. The topological polar surface area (TPSA) is 103 Å². The van der Waals surface area contributed by atoms with Crippen molar-refractivity contribution >= 4 is 34.0 Å². The summed E-state index contributed by atoms with van der Waals surface area (Å²) in [6, 6.07) is 9.89. The van der Waals surface area contributed by atoms with E-state index in [9.17, 15) is 9.18 Å². The summed E-state index contributed by atoms with van der Waals surface area (Å²) in [7, 11) is 1.79. The molecule has 11 heteroatoms. The van der Waals surface area contributed by atoms with Crippen LogP contribution in [-0.2, 0) is 7.05 Å². The molecule has 4 heterocycles. The van der Waals surface area contributed by atoms with Gasteiger partial charge in [0.05, 0.1) is 27.2 Å². The van der Waals surface area contributed by atoms with Crippen LogP contribution in [0.2, 0.25) is 0 Å². The van der Waals surface area contributed by atoms with E-state index in [0.717, 1.165) is 4.88 Å². The summed E-state index contributed by atoms with van der Waals surface area (Å²) in [6.45, 7) is 3.50. The average molecular weight is 448 g/mol. The molecule has 0 radical (unpaired) electrons. The highest BCUT2D eigenvalue weighted by atomic mass is 32.1. The number of fused-ring (bicyclic) bond motifs is 1. The summed E-state index contributed by atoms with van der Waals surface area (Å²) in [4.78, 5) is 19.0. The number of rotatable bonds is 4. The minimum absolute atomic E-state index is 0.141. The summed E-state index contributed by atoms with van der Waals surface area (Å²) in [5, 5.41) is 21.1. The molecule has 0 spiro atoms. The molecule has 0 aliphatic rings. The van der Waals surface area contributed by atoms with Gasteiger partial charge in [0.2, 0.25) is 0 Å². The first kappa shape index (κ1) is 19.9. The molecule has 0 saturated carbocycles. The lowest BCUT2D eigenvalue weighted by Crippen LogP contribution is -2.14. The highest BCUT2D eigenvalue weighted by Crippen LogP contribution is 2.30. The second-order valence-corrected chi connectivity index (χ2v) is 8.15. The van der Waals surface area contributed by atoms with Gasteiger partial charge in [0.25, 0.3) is 5.91 Å². The summed E-state index contributed by atoms with van der Waals surface area (Å²) >= 11 is 1.54. The zero-order valence-electron chi connectivity index (χ0n) is 17.4. The molecule has 1 aromatic carbocycles. The normalized spacial score (nSPS) is 11.2. The number of tetrazole rings is 1. The Bertz CT molecular complexity index is 1470. The molecule has 0 aliphatic carbocycles. The first-order valence-electron chi connectivity index (χ1n) is 9.67. The standard InChI is InChI=1S/C21H17FN8OS/c1-11-19-14(10-16(18-5-4-8-32-18)24-20(19)29(3)26-11)21(31)23-13-6-7-15(22)17(9-13)30-12(2)25-27-28-30/h4-10H,1-3H3,(H,23,31). The summed E-state index contributed by atoms with van der Waals surface area (Å²) in [6.07, 6.45) is 0. The Labute approximate surface area is 185 Å². The zero-order valence-corrected chi connectivity index (χ0v) is 18.2. The number of halogens is 1. The lowest BCUT2D eigenvalue weighted by molar-refractivity contribution is 0.102. The second-order valence-electron chi connectivity index (χ2n) is 7.20. The van der Waals surface area contributed by atoms with E-state index in [-0.39, 0.29) is 11.6 Å². The van der Waals surface area contributed by atoms with Crippen LogP contribution in [0.4, 0.5) is 10.1 Å². The van der Waals surface area contributed by atoms with Crippen molar-refractivity contribution in [1.29, 1.82) is 0 Å². The molecular weight excluding hydrogens is 431 g/mol. The quantitative estimate of drug-likeness (QED) is 0.450. The van der Waals surface area contributed by atoms with Gasteiger partial charge in [0, 0.05) is 12.7 Å². The second kappa shape index (κ2) is 7.61. The van der Waals surface area contributed by atoms with Crippen LogP contribution >= 0.6 is 11.3 Å². The van der Waals surface area contributed by atoms with Gasteiger partial charge in [-0.3, -0.25) is 9.48 Å². The van der Waals surface area contributed by atoms with E-state index in [0.29, 0.717) is 39.5 Å². The Hall–Kier alpha value is -3.99. The van der Waals surface area contributed by atoms with E-state index < -0.39 is 5.82 Å². The van der Waals surface area contributed by atoms with Crippen molar-refractivity contribution in [3.63, 3.8) is 0 Å². The van der Waals surface area contributed by atoms with Crippen LogP contribution in [0.1, 0.15) is 21.9 Å². The molecule has 1 amide bonds. The molecule has 1 N–H and O–H groups in total. The van der Waals surface area contributed by atoms with Crippen molar-refractivity contribution in [1.82, 2.24) is 35.0 Å². The first-order valence-corrected chi connectivity index (χ1v) is 10.5. The van der Waals surface area contributed by atoms with Crippen LogP contribution in [0.15, 0.2) is 41.8 Å². The third kappa shape index (κ3) is 3.32. The van der Waals surface area contributed by atoms with E-state index in [1.807, 2.05) is 24.4 Å². The number of thiophene rings is 1. The van der Waals surface area contributed by atoms with Gasteiger partial charge in [0.1, 0.15) is 11.5 Å². The number of hydrogen-bond acceptors (Lipinski definition) is 7. The van der Waals surface area contributed by atoms with Crippen molar-refractivity contribution in [2.24, 2.45) is 7.05 Å². The summed E-state index contributed by atoms with van der Waals surface area (Å²) in [5.74, 6) is -0.431. The molecule has 0 bridgehead atoms. The van der Waals surface area contributed by atoms with Gasteiger partial charge >= 0.3 is 0 Å². The average Bonchev–Trinajstić information content (AvgIpc) is 3.51. The van der Waals surface area contributed by atoms with Crippen LogP contribution in [0, 0.1) is 19.7 Å². The highest BCUT2D eigenvalue weighted by molar-refractivity contribution is 7.13. The van der Waals surface area contributed by atoms with Crippen LogP contribution in [-0.4, -0.2) is 40.9 Å². The predicted molar refractivity (Wildman–Crippen MR) is 118 cm³/mol. The van der Waals surface area contributed by atoms with Gasteiger partial charge in [-0.05, 0) is 60.0 Å². The van der Waals surface area contributed by atoms with E-state index in [2.05, 4.69) is 25.9 Å². The number of nitrogens with one attached hydrogen (secondary N) is 1. The number of hydrogen-bond donors (Lipinski definition) is 1. The summed E-state index contributed by atoms with van der Waals surface area (Å²) in [5.41, 5.74) is 2.98. The molecule has 5 rings (SSSR count). The smallest absolute Gasteiger partial charge is 0.256 e. The fourth-order valence-electron chi connectivity index (χ4n) is 3.58. The number of pyridine rings is 1. The molecule has 0 aliphatic heterocycles. The van der Waals surface area contributed by atoms with Gasteiger partial charge < -0.3 is 5.32 Å². The maximum Gasteiger partial charge on any atom is 0.256 e. The van der Waals surface area contributed by atoms with Gasteiger partial charge in [-0.15, -0.1) is 16.4 Å². The van der Waals surface area contributed by atoms with Gasteiger partial charge in [0.15, 0.2) is 11.5 Å². The number of amides is 1. The van der Waals surface area contributed by atoms with E-state index in [1.54, 1.807) is 24.7 Å². The maximum atomic E-state index is 14.4. The van der Waals surface area contributed by atoms with Gasteiger partial charge in [-0.2, -0.15) is 9.78 Å². The molecule has 5 aromatic rings. The molecule has 4 aromatic heterocycles. The Balaban J connectivity index is 1.58. The number of carbonyl (C=O) groups excluding carboxylic acids is 1. The van der Waals surface area contributed by atoms with Crippen LogP contribution in [0.3, 0.4) is 0 Å². The van der Waals surface area contributed by atoms with E-state index in [4.69, 9.17) is 4.98 Å². The molecule has 0 unspecified atom stereocenters.